The highest BCUT2D eigenvalue weighted by Gasteiger charge is 2.61. The standard InChI is InChI=1S/C34H41N7O6S/c1-33(2,3)47-32(46)36-24-15-11-6-4-5-10-14-22-19-34(22,31(44)45)37-28(42)25-18-23(20-40(25)30(24)43)41-38-26(21-12-8-7-9-13-21)27(39-41)29-35-16-17-48-29/h7-10,12-14,16-17,22-25H,4-6,11,15,18-20H2,1-3H3,(H,36,46)(H,37,42)(H,44,45)/b14-10-/t22-,23+,24+,25+,34-/m1/s1. The first-order chi connectivity index (χ1) is 22.9. The molecule has 1 aliphatic carbocycles. The van der Waals surface area contributed by atoms with Gasteiger partial charge in [0.05, 0.1) is 6.04 Å². The Balaban J connectivity index is 1.35. The number of carbonyl (C=O) groups is 4. The number of rotatable bonds is 5. The predicted octanol–water partition coefficient (Wildman–Crippen LogP) is 4.58. The molecule has 14 heteroatoms. The molecule has 0 unspecified atom stereocenters. The van der Waals surface area contributed by atoms with Crippen LogP contribution in [0.25, 0.3) is 22.0 Å². The van der Waals surface area contributed by atoms with Crippen LogP contribution in [0.4, 0.5) is 4.79 Å². The van der Waals surface area contributed by atoms with Crippen molar-refractivity contribution < 1.29 is 29.0 Å². The van der Waals surface area contributed by atoms with E-state index in [1.807, 2.05) is 47.9 Å². The molecule has 2 fully saturated rings. The number of nitrogens with one attached hydrogen (secondary N) is 2. The van der Waals surface area contributed by atoms with Crippen molar-refractivity contribution >= 4 is 35.2 Å². The zero-order valence-corrected chi connectivity index (χ0v) is 28.1. The van der Waals surface area contributed by atoms with Crippen molar-refractivity contribution in [1.29, 1.82) is 0 Å². The summed E-state index contributed by atoms with van der Waals surface area (Å²) in [5.41, 5.74) is -0.166. The van der Waals surface area contributed by atoms with Gasteiger partial charge in [0.25, 0.3) is 0 Å². The molecule has 3 amide bonds. The zero-order valence-electron chi connectivity index (χ0n) is 27.3. The van der Waals surface area contributed by atoms with Crippen LogP contribution in [0.3, 0.4) is 0 Å². The number of amides is 3. The van der Waals surface area contributed by atoms with Crippen LogP contribution in [0.2, 0.25) is 0 Å². The van der Waals surface area contributed by atoms with E-state index in [1.165, 1.54) is 21.0 Å². The van der Waals surface area contributed by atoms with Gasteiger partial charge in [0.15, 0.2) is 0 Å². The highest BCUT2D eigenvalue weighted by molar-refractivity contribution is 7.13. The molecule has 1 saturated heterocycles. The van der Waals surface area contributed by atoms with Gasteiger partial charge in [-0.3, -0.25) is 9.59 Å². The van der Waals surface area contributed by atoms with E-state index in [-0.39, 0.29) is 25.3 Å². The normalized spacial score (nSPS) is 27.1. The third kappa shape index (κ3) is 7.13. The average molecular weight is 676 g/mol. The molecule has 1 aromatic carbocycles. The Labute approximate surface area is 282 Å². The summed E-state index contributed by atoms with van der Waals surface area (Å²) in [5, 5.41) is 28.0. The third-order valence-corrected chi connectivity index (χ3v) is 9.75. The molecular formula is C34H41N7O6S. The van der Waals surface area contributed by atoms with Gasteiger partial charge in [-0.15, -0.1) is 16.4 Å². The fourth-order valence-electron chi connectivity index (χ4n) is 6.46. The highest BCUT2D eigenvalue weighted by atomic mass is 32.1. The van der Waals surface area contributed by atoms with Crippen LogP contribution in [-0.4, -0.2) is 83.6 Å². The Morgan fingerprint density at radius 3 is 2.58 bits per heavy atom. The molecule has 0 bridgehead atoms. The zero-order chi connectivity index (χ0) is 34.1. The molecule has 3 aromatic rings. The fourth-order valence-corrected chi connectivity index (χ4v) is 7.08. The van der Waals surface area contributed by atoms with Crippen molar-refractivity contribution in [3.8, 4) is 22.0 Å². The highest BCUT2D eigenvalue weighted by Crippen LogP contribution is 2.45. The fraction of sp³-hybridized carbons (Fsp3) is 0.500. The van der Waals surface area contributed by atoms with Crippen molar-refractivity contribution in [2.45, 2.75) is 95.0 Å². The van der Waals surface area contributed by atoms with Crippen molar-refractivity contribution in [3.05, 3.63) is 54.1 Å². The summed E-state index contributed by atoms with van der Waals surface area (Å²) < 4.78 is 5.49. The number of ether oxygens (including phenoxy) is 1. The van der Waals surface area contributed by atoms with E-state index in [1.54, 1.807) is 27.0 Å². The van der Waals surface area contributed by atoms with Crippen LogP contribution in [0.1, 0.15) is 71.8 Å². The molecule has 6 rings (SSSR count). The third-order valence-electron chi connectivity index (χ3n) is 8.97. The number of benzene rings is 1. The van der Waals surface area contributed by atoms with Gasteiger partial charge in [0, 0.05) is 36.0 Å². The molecular weight excluding hydrogens is 634 g/mol. The van der Waals surface area contributed by atoms with Gasteiger partial charge in [0.1, 0.15) is 39.6 Å². The molecule has 13 nitrogen and oxygen atoms in total. The SMILES string of the molecule is CC(C)(C)OC(=O)N[C@H]1CCCCC/C=C\[C@@H]2C[C@@]2(C(=O)O)NC(=O)[C@@H]2C[C@H](n3nc(-c4ccccc4)c(-c4nccs4)n3)CN2C1=O. The second kappa shape index (κ2) is 13.5. The van der Waals surface area contributed by atoms with Gasteiger partial charge in [-0.25, -0.2) is 14.6 Å². The lowest BCUT2D eigenvalue weighted by molar-refractivity contribution is -0.145. The Kier molecular flexibility index (Phi) is 9.37. The molecule has 1 saturated carbocycles. The van der Waals surface area contributed by atoms with Crippen molar-refractivity contribution in [1.82, 2.24) is 35.5 Å². The van der Waals surface area contributed by atoms with Gasteiger partial charge in [0.2, 0.25) is 11.8 Å². The summed E-state index contributed by atoms with van der Waals surface area (Å²) in [7, 11) is 0. The maximum atomic E-state index is 14.4. The van der Waals surface area contributed by atoms with Crippen molar-refractivity contribution in [3.63, 3.8) is 0 Å². The number of fused-ring (bicyclic) bond motifs is 2. The van der Waals surface area contributed by atoms with Crippen molar-refractivity contribution in [2.75, 3.05) is 6.54 Å². The summed E-state index contributed by atoms with van der Waals surface area (Å²) in [4.78, 5) is 61.2. The van der Waals surface area contributed by atoms with Crippen LogP contribution < -0.4 is 10.6 Å². The van der Waals surface area contributed by atoms with E-state index in [0.29, 0.717) is 29.2 Å². The Morgan fingerprint density at radius 2 is 1.88 bits per heavy atom. The van der Waals surface area contributed by atoms with Crippen LogP contribution in [0.5, 0.6) is 0 Å². The number of hydrogen-bond acceptors (Lipinski definition) is 9. The smallest absolute Gasteiger partial charge is 0.408 e. The summed E-state index contributed by atoms with van der Waals surface area (Å²) >= 11 is 1.43. The van der Waals surface area contributed by atoms with Crippen LogP contribution >= 0.6 is 11.3 Å². The molecule has 2 aromatic heterocycles. The lowest BCUT2D eigenvalue weighted by Gasteiger charge is -2.30. The molecule has 3 aliphatic rings. The second-order valence-electron chi connectivity index (χ2n) is 13.7. The number of thiazole rings is 1. The molecule has 4 heterocycles. The summed E-state index contributed by atoms with van der Waals surface area (Å²) in [5.74, 6) is -2.45. The first-order valence-corrected chi connectivity index (χ1v) is 17.3. The van der Waals surface area contributed by atoms with E-state index >= 15 is 0 Å². The number of aromatic nitrogens is 4. The number of allylic oxidation sites excluding steroid dienone is 1. The average Bonchev–Trinajstić information content (AvgIpc) is 3.50. The lowest BCUT2D eigenvalue weighted by atomic mass is 10.0. The molecule has 5 atom stereocenters. The number of alkyl carbamates (subject to hydrolysis) is 1. The van der Waals surface area contributed by atoms with E-state index in [4.69, 9.17) is 14.9 Å². The van der Waals surface area contributed by atoms with E-state index in [2.05, 4.69) is 15.6 Å². The van der Waals surface area contributed by atoms with Crippen LogP contribution in [0.15, 0.2) is 54.1 Å². The monoisotopic (exact) mass is 675 g/mol. The van der Waals surface area contributed by atoms with E-state index in [9.17, 15) is 24.3 Å². The quantitative estimate of drug-likeness (QED) is 0.328. The minimum absolute atomic E-state index is 0.0764. The first-order valence-electron chi connectivity index (χ1n) is 16.4. The predicted molar refractivity (Wildman–Crippen MR) is 178 cm³/mol. The number of carbonyl (C=O) groups excluding carboxylic acids is 3. The summed E-state index contributed by atoms with van der Waals surface area (Å²) in [6.07, 6.45) is 8.64. The topological polar surface area (TPSA) is 169 Å². The van der Waals surface area contributed by atoms with E-state index < -0.39 is 53.1 Å². The number of carboxylic acids is 1. The number of carboxylic acid groups (broad SMARTS) is 1. The molecule has 0 spiro atoms. The second-order valence-corrected chi connectivity index (χ2v) is 14.6. The molecule has 3 N–H and O–H groups in total. The summed E-state index contributed by atoms with van der Waals surface area (Å²) in [6.45, 7) is 5.31. The largest absolute Gasteiger partial charge is 0.479 e. The maximum absolute atomic E-state index is 14.4. The van der Waals surface area contributed by atoms with Crippen molar-refractivity contribution in [2.24, 2.45) is 5.92 Å². The van der Waals surface area contributed by atoms with E-state index in [0.717, 1.165) is 24.8 Å². The minimum Gasteiger partial charge on any atom is -0.479 e. The van der Waals surface area contributed by atoms with Crippen LogP contribution in [0, 0.1) is 5.92 Å². The minimum atomic E-state index is -1.43. The van der Waals surface area contributed by atoms with Gasteiger partial charge < -0.3 is 25.4 Å². The number of hydrogen-bond donors (Lipinski definition) is 3. The molecule has 254 valence electrons. The van der Waals surface area contributed by atoms with Gasteiger partial charge in [-0.1, -0.05) is 55.3 Å². The molecule has 48 heavy (non-hydrogen) atoms. The van der Waals surface area contributed by atoms with Crippen LogP contribution in [-0.2, 0) is 19.1 Å². The van der Waals surface area contributed by atoms with Gasteiger partial charge in [-0.05, 0) is 46.5 Å². The Bertz CT molecular complexity index is 1680. The number of nitrogens with zero attached hydrogens (tertiary/aromatic N) is 5. The molecule has 0 radical (unpaired) electrons. The first kappa shape index (κ1) is 33.3. The Hall–Kier alpha value is -4.59. The molecule has 2 aliphatic heterocycles. The number of aliphatic carboxylic acids is 1. The van der Waals surface area contributed by atoms with Gasteiger partial charge in [-0.2, -0.15) is 9.90 Å². The lowest BCUT2D eigenvalue weighted by Crippen LogP contribution is -2.56. The summed E-state index contributed by atoms with van der Waals surface area (Å²) in [6, 6.07) is 7.10. The Morgan fingerprint density at radius 1 is 1.10 bits per heavy atom. The van der Waals surface area contributed by atoms with Gasteiger partial charge >= 0.3 is 12.1 Å². The maximum Gasteiger partial charge on any atom is 0.408 e.